The number of carbonyl (C=O) groups is 1. The van der Waals surface area contributed by atoms with E-state index in [2.05, 4.69) is 22.2 Å². The van der Waals surface area contributed by atoms with Crippen LogP contribution in [0, 0.1) is 12.8 Å². The number of hydrogen-bond donors (Lipinski definition) is 2. The third-order valence-corrected chi connectivity index (χ3v) is 7.39. The van der Waals surface area contributed by atoms with Gasteiger partial charge in [0.15, 0.2) is 11.5 Å². The van der Waals surface area contributed by atoms with E-state index in [0.29, 0.717) is 49.8 Å². The van der Waals surface area contributed by atoms with Gasteiger partial charge < -0.3 is 24.4 Å². The van der Waals surface area contributed by atoms with Crippen molar-refractivity contribution in [3.8, 4) is 11.5 Å². The van der Waals surface area contributed by atoms with Gasteiger partial charge in [0.25, 0.3) is 5.91 Å². The summed E-state index contributed by atoms with van der Waals surface area (Å²) in [5.41, 5.74) is 2.64. The minimum atomic E-state index is -3.63. The quantitative estimate of drug-likeness (QED) is 0.293. The predicted octanol–water partition coefficient (Wildman–Crippen LogP) is 3.15. The smallest absolute Gasteiger partial charge is 0.255 e. The second-order valence-corrected chi connectivity index (χ2v) is 11.8. The fourth-order valence-corrected chi connectivity index (χ4v) is 5.73. The molecule has 2 N–H and O–H groups in total. The van der Waals surface area contributed by atoms with Gasteiger partial charge in [-0.1, -0.05) is 29.8 Å². The lowest BCUT2D eigenvalue weighted by atomic mass is 9.85. The zero-order chi connectivity index (χ0) is 27.9. The average molecular weight is 548 g/mol. The molecule has 3 atom stereocenters. The molecule has 0 saturated carbocycles. The SMILES string of the molecule is COCCCOc1cc(C(=O)N(C(C)C)C(NS(C)(=O)=O)[C@@H]2CNC[C@@H]2c2cccc(C)c2)ccc1OC. The Bertz CT molecular complexity index is 1190. The molecule has 2 aromatic rings. The molecular weight excluding hydrogens is 506 g/mol. The first-order chi connectivity index (χ1) is 18.1. The van der Waals surface area contributed by atoms with Gasteiger partial charge in [-0.2, -0.15) is 4.72 Å². The van der Waals surface area contributed by atoms with Crippen LogP contribution in [-0.2, 0) is 14.8 Å². The average Bonchev–Trinajstić information content (AvgIpc) is 3.35. The van der Waals surface area contributed by atoms with Crippen LogP contribution in [0.1, 0.15) is 47.7 Å². The zero-order valence-corrected chi connectivity index (χ0v) is 24.0. The Balaban J connectivity index is 1.99. The summed E-state index contributed by atoms with van der Waals surface area (Å²) in [7, 11) is -0.458. The molecule has 0 spiro atoms. The molecular formula is C28H41N3O6S. The van der Waals surface area contributed by atoms with Crippen molar-refractivity contribution >= 4 is 15.9 Å². The summed E-state index contributed by atoms with van der Waals surface area (Å²) in [6.45, 7) is 8.04. The van der Waals surface area contributed by atoms with E-state index in [9.17, 15) is 13.2 Å². The molecule has 1 aliphatic heterocycles. The molecule has 210 valence electrons. The minimum Gasteiger partial charge on any atom is -0.493 e. The Kier molecular flexibility index (Phi) is 10.6. The van der Waals surface area contributed by atoms with E-state index in [0.717, 1.165) is 17.4 Å². The first-order valence-electron chi connectivity index (χ1n) is 12.9. The number of nitrogens with zero attached hydrogens (tertiary/aromatic N) is 1. The monoisotopic (exact) mass is 547 g/mol. The van der Waals surface area contributed by atoms with Crippen molar-refractivity contribution in [1.29, 1.82) is 0 Å². The molecule has 0 aliphatic carbocycles. The lowest BCUT2D eigenvalue weighted by Crippen LogP contribution is -2.58. The standard InChI is InChI=1S/C28H41N3O6S/c1-19(2)31(28(32)22-11-12-25(36-5)26(16-22)37-14-8-13-35-4)27(30-38(6,33)34)24-18-29-17-23(24)21-10-7-9-20(3)15-21/h7,9-12,15-16,19,23-24,27,29-30H,8,13-14,17-18H2,1-6H3/t23-,24-,27?/m1/s1. The highest BCUT2D eigenvalue weighted by atomic mass is 32.2. The predicted molar refractivity (Wildman–Crippen MR) is 148 cm³/mol. The van der Waals surface area contributed by atoms with Crippen molar-refractivity contribution in [3.05, 3.63) is 59.2 Å². The van der Waals surface area contributed by atoms with Crippen LogP contribution in [0.25, 0.3) is 0 Å². The molecule has 2 aromatic carbocycles. The Morgan fingerprint density at radius 2 is 1.87 bits per heavy atom. The van der Waals surface area contributed by atoms with Crippen LogP contribution < -0.4 is 19.5 Å². The molecule has 9 nitrogen and oxygen atoms in total. The second-order valence-electron chi connectivity index (χ2n) is 10.0. The van der Waals surface area contributed by atoms with Gasteiger partial charge in [-0.15, -0.1) is 0 Å². The highest BCUT2D eigenvalue weighted by Gasteiger charge is 2.42. The molecule has 0 aromatic heterocycles. The number of carbonyl (C=O) groups excluding carboxylic acids is 1. The largest absolute Gasteiger partial charge is 0.493 e. The van der Waals surface area contributed by atoms with E-state index in [1.807, 2.05) is 32.9 Å². The van der Waals surface area contributed by atoms with Crippen LogP contribution >= 0.6 is 0 Å². The van der Waals surface area contributed by atoms with Crippen LogP contribution in [0.15, 0.2) is 42.5 Å². The van der Waals surface area contributed by atoms with Gasteiger partial charge in [0.05, 0.1) is 20.0 Å². The maximum atomic E-state index is 14.1. The summed E-state index contributed by atoms with van der Waals surface area (Å²) in [4.78, 5) is 15.7. The zero-order valence-electron chi connectivity index (χ0n) is 23.2. The lowest BCUT2D eigenvalue weighted by Gasteiger charge is -2.40. The highest BCUT2D eigenvalue weighted by molar-refractivity contribution is 7.88. The molecule has 0 bridgehead atoms. The number of methoxy groups -OCH3 is 2. The van der Waals surface area contributed by atoms with Gasteiger partial charge >= 0.3 is 0 Å². The van der Waals surface area contributed by atoms with E-state index in [1.165, 1.54) is 0 Å². The number of ether oxygens (including phenoxy) is 3. The molecule has 1 heterocycles. The lowest BCUT2D eigenvalue weighted by molar-refractivity contribution is 0.0497. The summed E-state index contributed by atoms with van der Waals surface area (Å²) in [5.74, 6) is 0.520. The topological polar surface area (TPSA) is 106 Å². The second kappa shape index (κ2) is 13.4. The molecule has 38 heavy (non-hydrogen) atoms. The van der Waals surface area contributed by atoms with E-state index in [-0.39, 0.29) is 23.8 Å². The van der Waals surface area contributed by atoms with Crippen LogP contribution in [-0.4, -0.2) is 78.2 Å². The molecule has 1 fully saturated rings. The Morgan fingerprint density at radius 3 is 2.50 bits per heavy atom. The van der Waals surface area contributed by atoms with Gasteiger partial charge in [0.2, 0.25) is 10.0 Å². The Hall–Kier alpha value is -2.66. The molecule has 3 rings (SSSR count). The molecule has 1 unspecified atom stereocenters. The van der Waals surface area contributed by atoms with Crippen molar-refractivity contribution in [2.45, 2.75) is 45.3 Å². The van der Waals surface area contributed by atoms with Crippen molar-refractivity contribution < 1.29 is 27.4 Å². The number of aryl methyl sites for hydroxylation is 1. The summed E-state index contributed by atoms with van der Waals surface area (Å²) in [5, 5.41) is 3.42. The summed E-state index contributed by atoms with van der Waals surface area (Å²) < 4.78 is 44.4. The van der Waals surface area contributed by atoms with Crippen molar-refractivity contribution in [2.75, 3.05) is 46.8 Å². The van der Waals surface area contributed by atoms with Gasteiger partial charge in [0.1, 0.15) is 6.17 Å². The first-order valence-corrected chi connectivity index (χ1v) is 14.8. The number of benzene rings is 2. The normalized spacial score (nSPS) is 18.4. The van der Waals surface area contributed by atoms with E-state index in [1.54, 1.807) is 37.3 Å². The van der Waals surface area contributed by atoms with Gasteiger partial charge in [0, 0.05) is 56.7 Å². The van der Waals surface area contributed by atoms with Crippen LogP contribution in [0.5, 0.6) is 11.5 Å². The molecule has 1 amide bonds. The van der Waals surface area contributed by atoms with Gasteiger partial charge in [-0.05, 0) is 44.5 Å². The van der Waals surface area contributed by atoms with Crippen LogP contribution in [0.4, 0.5) is 0 Å². The summed E-state index contributed by atoms with van der Waals surface area (Å²) in [6.07, 6.45) is 1.06. The van der Waals surface area contributed by atoms with Crippen molar-refractivity contribution in [1.82, 2.24) is 14.9 Å². The highest BCUT2D eigenvalue weighted by Crippen LogP contribution is 2.35. The fourth-order valence-electron chi connectivity index (χ4n) is 5.01. The Labute approximate surface area is 226 Å². The van der Waals surface area contributed by atoms with Crippen molar-refractivity contribution in [3.63, 3.8) is 0 Å². The summed E-state index contributed by atoms with van der Waals surface area (Å²) in [6, 6.07) is 13.0. The van der Waals surface area contributed by atoms with Gasteiger partial charge in [-0.25, -0.2) is 8.42 Å². The minimum absolute atomic E-state index is 0.0266. The van der Waals surface area contributed by atoms with Crippen LogP contribution in [0.3, 0.4) is 0 Å². The number of hydrogen-bond acceptors (Lipinski definition) is 7. The fraction of sp³-hybridized carbons (Fsp3) is 0.536. The maximum absolute atomic E-state index is 14.1. The van der Waals surface area contributed by atoms with E-state index in [4.69, 9.17) is 14.2 Å². The Morgan fingerprint density at radius 1 is 1.11 bits per heavy atom. The number of nitrogens with one attached hydrogen (secondary N) is 2. The first kappa shape index (κ1) is 29.9. The summed E-state index contributed by atoms with van der Waals surface area (Å²) >= 11 is 0. The molecule has 1 aliphatic rings. The molecule has 1 saturated heterocycles. The maximum Gasteiger partial charge on any atom is 0.255 e. The number of sulfonamides is 1. The third-order valence-electron chi connectivity index (χ3n) is 6.72. The number of rotatable bonds is 13. The third kappa shape index (κ3) is 7.69. The molecule has 10 heteroatoms. The van der Waals surface area contributed by atoms with E-state index >= 15 is 0 Å². The van der Waals surface area contributed by atoms with Gasteiger partial charge in [-0.3, -0.25) is 4.79 Å². The van der Waals surface area contributed by atoms with E-state index < -0.39 is 16.2 Å². The van der Waals surface area contributed by atoms with Crippen LogP contribution in [0.2, 0.25) is 0 Å². The van der Waals surface area contributed by atoms with Crippen molar-refractivity contribution in [2.24, 2.45) is 5.92 Å². The molecule has 0 radical (unpaired) electrons. The number of amides is 1.